The van der Waals surface area contributed by atoms with Gasteiger partial charge in [0.2, 0.25) is 20.0 Å². The Labute approximate surface area is 274 Å². The lowest BCUT2D eigenvalue weighted by atomic mass is 9.77. The van der Waals surface area contributed by atoms with Crippen molar-refractivity contribution in [3.8, 4) is 0 Å². The van der Waals surface area contributed by atoms with Crippen molar-refractivity contribution >= 4 is 49.0 Å². The SMILES string of the molecule is Cc1ccc(S(=O)(=O)N2C(c3ccc(Cl)cc3)CC(=O)[C@@H]3CN(S(=O)(=O)c4ccccc4C)C(c4ccc(Cl)cc4)C[C@@H]32)cc1. The zero-order chi connectivity index (χ0) is 32.1. The number of nitrogens with zero attached hydrogens (tertiary/aromatic N) is 2. The third-order valence-corrected chi connectivity index (χ3v) is 13.4. The molecule has 0 amide bonds. The van der Waals surface area contributed by atoms with Gasteiger partial charge in [0.15, 0.2) is 0 Å². The Kier molecular flexibility index (Phi) is 8.71. The van der Waals surface area contributed by atoms with Gasteiger partial charge < -0.3 is 0 Å². The molecular formula is C34H32Cl2N2O5S2. The van der Waals surface area contributed by atoms with Crippen LogP contribution in [-0.4, -0.2) is 43.8 Å². The van der Waals surface area contributed by atoms with Gasteiger partial charge in [0.1, 0.15) is 5.78 Å². The average Bonchev–Trinajstić information content (AvgIpc) is 3.01. The number of carbonyl (C=O) groups is 1. The van der Waals surface area contributed by atoms with Gasteiger partial charge in [-0.2, -0.15) is 8.61 Å². The van der Waals surface area contributed by atoms with E-state index >= 15 is 0 Å². The number of hydrogen-bond acceptors (Lipinski definition) is 5. The number of carbonyl (C=O) groups excluding carboxylic acids is 1. The predicted octanol–water partition coefficient (Wildman–Crippen LogP) is 7.14. The minimum atomic E-state index is -4.15. The van der Waals surface area contributed by atoms with Crippen LogP contribution in [0.3, 0.4) is 0 Å². The molecule has 2 aliphatic heterocycles. The average molecular weight is 684 g/mol. The number of benzene rings is 4. The van der Waals surface area contributed by atoms with Crippen LogP contribution in [0.15, 0.2) is 107 Å². The van der Waals surface area contributed by atoms with Gasteiger partial charge in [-0.3, -0.25) is 4.79 Å². The Morgan fingerprint density at radius 3 is 1.82 bits per heavy atom. The van der Waals surface area contributed by atoms with Crippen molar-refractivity contribution in [1.82, 2.24) is 8.61 Å². The van der Waals surface area contributed by atoms with Crippen molar-refractivity contribution in [3.63, 3.8) is 0 Å². The second-order valence-electron chi connectivity index (χ2n) is 11.7. The van der Waals surface area contributed by atoms with Gasteiger partial charge in [-0.05, 0) is 79.4 Å². The van der Waals surface area contributed by atoms with E-state index in [1.165, 1.54) is 8.61 Å². The molecule has 45 heavy (non-hydrogen) atoms. The third-order valence-electron chi connectivity index (χ3n) is 8.88. The molecule has 0 aliphatic carbocycles. The monoisotopic (exact) mass is 682 g/mol. The van der Waals surface area contributed by atoms with Gasteiger partial charge in [0.05, 0.1) is 21.9 Å². The van der Waals surface area contributed by atoms with Crippen LogP contribution in [0.1, 0.15) is 47.2 Å². The Balaban J connectivity index is 1.52. The Bertz CT molecular complexity index is 1950. The van der Waals surface area contributed by atoms with Gasteiger partial charge in [0.25, 0.3) is 0 Å². The molecule has 7 nitrogen and oxygen atoms in total. The number of sulfonamides is 2. The van der Waals surface area contributed by atoms with Crippen LogP contribution >= 0.6 is 23.2 Å². The fraction of sp³-hybridized carbons (Fsp3) is 0.265. The lowest BCUT2D eigenvalue weighted by Gasteiger charge is -2.51. The number of aryl methyl sites for hydroxylation is 2. The Hall–Kier alpha value is -3.05. The molecule has 11 heteroatoms. The van der Waals surface area contributed by atoms with E-state index in [0.29, 0.717) is 26.7 Å². The highest BCUT2D eigenvalue weighted by Crippen LogP contribution is 2.48. The molecule has 0 bridgehead atoms. The molecule has 0 aromatic heterocycles. The summed E-state index contributed by atoms with van der Waals surface area (Å²) in [6.45, 7) is 3.44. The predicted molar refractivity (Wildman–Crippen MR) is 175 cm³/mol. The molecule has 2 fully saturated rings. The smallest absolute Gasteiger partial charge is 0.243 e. The van der Waals surface area contributed by atoms with E-state index < -0.39 is 44.1 Å². The van der Waals surface area contributed by atoms with Crippen molar-refractivity contribution in [2.75, 3.05) is 6.54 Å². The quantitative estimate of drug-likeness (QED) is 0.216. The van der Waals surface area contributed by atoms with E-state index in [2.05, 4.69) is 0 Å². The molecule has 0 spiro atoms. The molecule has 4 aromatic carbocycles. The number of piperidine rings is 2. The fourth-order valence-electron chi connectivity index (χ4n) is 6.57. The van der Waals surface area contributed by atoms with Crippen LogP contribution in [0.25, 0.3) is 0 Å². The Morgan fingerprint density at radius 1 is 0.689 bits per heavy atom. The highest BCUT2D eigenvalue weighted by Gasteiger charge is 2.54. The lowest BCUT2D eigenvalue weighted by molar-refractivity contribution is -0.132. The fourth-order valence-corrected chi connectivity index (χ4v) is 10.5. The molecular weight excluding hydrogens is 651 g/mol. The first kappa shape index (κ1) is 31.9. The maximum Gasteiger partial charge on any atom is 0.243 e. The molecule has 2 unspecified atom stereocenters. The summed E-state index contributed by atoms with van der Waals surface area (Å²) in [6, 6.07) is 24.7. The number of rotatable bonds is 6. The van der Waals surface area contributed by atoms with Crippen LogP contribution in [0.2, 0.25) is 10.0 Å². The minimum Gasteiger partial charge on any atom is -0.299 e. The summed E-state index contributed by atoms with van der Waals surface area (Å²) in [5.74, 6) is -1.06. The standard InChI is InChI=1S/C34H32Cl2N2O5S2/c1-22-7-17-28(18-8-22)44(40,41)38-31(25-11-15-27(36)16-12-25)20-33(39)29-21-37(45(42,43)34-6-4-3-5-23(34)2)30(19-32(29)38)24-9-13-26(35)14-10-24/h3-18,29-32H,19-21H2,1-2H3/t29-,30?,31?,32+/m1/s1. The van der Waals surface area contributed by atoms with Crippen LogP contribution < -0.4 is 0 Å². The van der Waals surface area contributed by atoms with E-state index in [-0.39, 0.29) is 35.0 Å². The Morgan fingerprint density at radius 2 is 1.24 bits per heavy atom. The molecule has 0 radical (unpaired) electrons. The maximum absolute atomic E-state index is 14.6. The summed E-state index contributed by atoms with van der Waals surface area (Å²) in [4.78, 5) is 14.3. The van der Waals surface area contributed by atoms with Gasteiger partial charge in [0, 0.05) is 35.0 Å². The van der Waals surface area contributed by atoms with Gasteiger partial charge >= 0.3 is 0 Å². The van der Waals surface area contributed by atoms with Crippen LogP contribution in [0.4, 0.5) is 0 Å². The van der Waals surface area contributed by atoms with Gasteiger partial charge in [-0.15, -0.1) is 0 Å². The molecule has 0 saturated carbocycles. The van der Waals surface area contributed by atoms with Crippen LogP contribution in [0.5, 0.6) is 0 Å². The summed E-state index contributed by atoms with van der Waals surface area (Å²) in [5, 5.41) is 0.976. The molecule has 6 rings (SSSR count). The summed E-state index contributed by atoms with van der Waals surface area (Å²) in [5.41, 5.74) is 2.78. The zero-order valence-corrected chi connectivity index (χ0v) is 27.8. The number of fused-ring (bicyclic) bond motifs is 1. The first-order valence-electron chi connectivity index (χ1n) is 14.6. The summed E-state index contributed by atoms with van der Waals surface area (Å²) in [6.07, 6.45) is -0.0317. The van der Waals surface area contributed by atoms with Crippen LogP contribution in [-0.2, 0) is 24.8 Å². The number of Topliss-reactive ketones (excluding diaryl/α,β-unsaturated/α-hetero) is 1. The summed E-state index contributed by atoms with van der Waals surface area (Å²) >= 11 is 12.4. The highest BCUT2D eigenvalue weighted by molar-refractivity contribution is 7.89. The topological polar surface area (TPSA) is 91.8 Å². The molecule has 2 heterocycles. The largest absolute Gasteiger partial charge is 0.299 e. The third kappa shape index (κ3) is 5.98. The van der Waals surface area contributed by atoms with Crippen molar-refractivity contribution in [2.45, 2.75) is 54.6 Å². The maximum atomic E-state index is 14.6. The zero-order valence-electron chi connectivity index (χ0n) is 24.7. The van der Waals surface area contributed by atoms with Crippen molar-refractivity contribution in [1.29, 1.82) is 0 Å². The first-order valence-corrected chi connectivity index (χ1v) is 18.2. The second kappa shape index (κ2) is 12.3. The van der Waals surface area contributed by atoms with Gasteiger partial charge in [-0.25, -0.2) is 16.8 Å². The van der Waals surface area contributed by atoms with E-state index in [4.69, 9.17) is 23.2 Å². The molecule has 4 atom stereocenters. The number of hydrogen-bond donors (Lipinski definition) is 0. The minimum absolute atomic E-state index is 0.0678. The summed E-state index contributed by atoms with van der Waals surface area (Å²) < 4.78 is 60.7. The lowest BCUT2D eigenvalue weighted by Crippen LogP contribution is -2.60. The van der Waals surface area contributed by atoms with Crippen molar-refractivity contribution < 1.29 is 21.6 Å². The first-order chi connectivity index (χ1) is 21.4. The second-order valence-corrected chi connectivity index (χ2v) is 16.3. The number of ketones is 1. The van der Waals surface area contributed by atoms with Crippen LogP contribution in [0, 0.1) is 19.8 Å². The van der Waals surface area contributed by atoms with Gasteiger partial charge in [-0.1, -0.05) is 83.4 Å². The summed E-state index contributed by atoms with van der Waals surface area (Å²) in [7, 11) is -8.23. The number of halogens is 2. The van der Waals surface area contributed by atoms with E-state index in [1.54, 1.807) is 104 Å². The molecule has 234 valence electrons. The molecule has 2 saturated heterocycles. The van der Waals surface area contributed by atoms with Crippen molar-refractivity contribution in [2.24, 2.45) is 5.92 Å². The normalized spacial score (nSPS) is 23.1. The van der Waals surface area contributed by atoms with E-state index in [9.17, 15) is 21.6 Å². The highest BCUT2D eigenvalue weighted by atomic mass is 35.5. The molecule has 0 N–H and O–H groups in total. The van der Waals surface area contributed by atoms with E-state index in [0.717, 1.165) is 5.56 Å². The molecule has 4 aromatic rings. The molecule has 2 aliphatic rings. The van der Waals surface area contributed by atoms with Crippen molar-refractivity contribution in [3.05, 3.63) is 129 Å². The van der Waals surface area contributed by atoms with E-state index in [1.807, 2.05) is 6.92 Å².